The molecule has 0 radical (unpaired) electrons. The number of anilines is 1. The summed E-state index contributed by atoms with van der Waals surface area (Å²) in [5.74, 6) is -1.89. The van der Waals surface area contributed by atoms with Gasteiger partial charge in [0.25, 0.3) is 11.8 Å². The first kappa shape index (κ1) is 17.3. The Balaban J connectivity index is 2.39. The van der Waals surface area contributed by atoms with Gasteiger partial charge in [-0.05, 0) is 12.8 Å². The Morgan fingerprint density at radius 3 is 2.17 bits per heavy atom. The summed E-state index contributed by atoms with van der Waals surface area (Å²) < 4.78 is 26.2. The number of hydrogen-bond acceptors (Lipinski definition) is 9. The van der Waals surface area contributed by atoms with E-state index in [1.54, 1.807) is 13.8 Å². The smallest absolute Gasteiger partial charge is 0.266 e. The van der Waals surface area contributed by atoms with Gasteiger partial charge in [-0.1, -0.05) is 25.2 Å². The van der Waals surface area contributed by atoms with E-state index in [0.717, 1.165) is 11.3 Å². The Morgan fingerprint density at radius 2 is 1.74 bits per heavy atom. The van der Waals surface area contributed by atoms with Crippen LogP contribution >= 0.6 is 11.3 Å². The maximum atomic E-state index is 12.4. The second kappa shape index (κ2) is 7.00. The van der Waals surface area contributed by atoms with Crippen LogP contribution in [0.1, 0.15) is 26.7 Å². The van der Waals surface area contributed by atoms with Gasteiger partial charge in [-0.25, -0.2) is 8.61 Å². The zero-order valence-electron chi connectivity index (χ0n) is 12.6. The van der Waals surface area contributed by atoms with Gasteiger partial charge in [-0.15, -0.1) is 10.2 Å². The third-order valence-corrected chi connectivity index (χ3v) is 5.30. The SMILES string of the molecule is CCCN1C(=O)C(=NNc2nncs2)C(=O)N(CCC)S1(=O)=O. The molecule has 12 heteroatoms. The summed E-state index contributed by atoms with van der Waals surface area (Å²) in [7, 11) is -4.16. The van der Waals surface area contributed by atoms with E-state index in [9.17, 15) is 18.0 Å². The number of carbonyl (C=O) groups excluding carboxylic acids is 2. The van der Waals surface area contributed by atoms with Gasteiger partial charge in [0.15, 0.2) is 0 Å². The number of hydrogen-bond donors (Lipinski definition) is 1. The van der Waals surface area contributed by atoms with Gasteiger partial charge in [-0.3, -0.25) is 15.0 Å². The second-order valence-corrected chi connectivity index (χ2v) is 7.19. The highest BCUT2D eigenvalue weighted by molar-refractivity contribution is 7.88. The van der Waals surface area contributed by atoms with Gasteiger partial charge in [0.05, 0.1) is 0 Å². The van der Waals surface area contributed by atoms with E-state index in [1.807, 2.05) is 0 Å². The summed E-state index contributed by atoms with van der Waals surface area (Å²) >= 11 is 1.13. The molecule has 1 aromatic heterocycles. The molecule has 1 aliphatic heterocycles. The number of amides is 2. The van der Waals surface area contributed by atoms with E-state index < -0.39 is 27.7 Å². The molecule has 126 valence electrons. The number of carbonyl (C=O) groups is 2. The number of nitrogens with one attached hydrogen (secondary N) is 1. The van der Waals surface area contributed by atoms with Crippen molar-refractivity contribution in [1.82, 2.24) is 18.8 Å². The molecular formula is C11H16N6O4S2. The van der Waals surface area contributed by atoms with E-state index in [2.05, 4.69) is 20.7 Å². The molecule has 1 N–H and O–H groups in total. The molecule has 1 aromatic rings. The molecule has 2 rings (SSSR count). The molecule has 2 heterocycles. The van der Waals surface area contributed by atoms with Gasteiger partial charge < -0.3 is 0 Å². The van der Waals surface area contributed by atoms with E-state index >= 15 is 0 Å². The molecular weight excluding hydrogens is 344 g/mol. The predicted molar refractivity (Wildman–Crippen MR) is 83.9 cm³/mol. The molecule has 0 bridgehead atoms. The van der Waals surface area contributed by atoms with Crippen molar-refractivity contribution >= 4 is 44.2 Å². The molecule has 0 aliphatic carbocycles. The second-order valence-electron chi connectivity index (χ2n) is 4.58. The summed E-state index contributed by atoms with van der Waals surface area (Å²) in [6.07, 6.45) is 0.854. The number of aromatic nitrogens is 2. The first-order valence-corrected chi connectivity index (χ1v) is 9.20. The molecule has 0 spiro atoms. The first-order valence-electron chi connectivity index (χ1n) is 6.92. The highest BCUT2D eigenvalue weighted by Crippen LogP contribution is 2.19. The fourth-order valence-electron chi connectivity index (χ4n) is 1.92. The van der Waals surface area contributed by atoms with Gasteiger partial charge >= 0.3 is 10.2 Å². The Morgan fingerprint density at radius 1 is 1.17 bits per heavy atom. The summed E-state index contributed by atoms with van der Waals surface area (Å²) in [4.78, 5) is 24.7. The van der Waals surface area contributed by atoms with Crippen LogP contribution in [0.5, 0.6) is 0 Å². The average molecular weight is 360 g/mol. The van der Waals surface area contributed by atoms with Crippen LogP contribution in [0.25, 0.3) is 0 Å². The van der Waals surface area contributed by atoms with Crippen molar-refractivity contribution in [3.8, 4) is 0 Å². The Kier molecular flexibility index (Phi) is 5.26. The normalized spacial score (nSPS) is 17.6. The molecule has 1 fully saturated rings. The van der Waals surface area contributed by atoms with Crippen molar-refractivity contribution in [3.05, 3.63) is 5.51 Å². The number of hydrazone groups is 1. The minimum absolute atomic E-state index is 0.0213. The molecule has 0 unspecified atom stereocenters. The maximum absolute atomic E-state index is 12.4. The van der Waals surface area contributed by atoms with Crippen molar-refractivity contribution in [2.75, 3.05) is 18.5 Å². The van der Waals surface area contributed by atoms with E-state index in [4.69, 9.17) is 0 Å². The molecule has 1 saturated heterocycles. The van der Waals surface area contributed by atoms with Crippen LogP contribution in [0, 0.1) is 0 Å². The zero-order valence-corrected chi connectivity index (χ0v) is 14.2. The van der Waals surface area contributed by atoms with Crippen LogP contribution in [-0.2, 0) is 19.8 Å². The lowest BCUT2D eigenvalue weighted by Crippen LogP contribution is -2.60. The molecule has 1 aliphatic rings. The van der Waals surface area contributed by atoms with Crippen LogP contribution in [0.3, 0.4) is 0 Å². The largest absolute Gasteiger partial charge is 0.331 e. The standard InChI is InChI=1S/C11H16N6O4S2/c1-3-5-16-9(18)8(13-15-11-14-12-7-22-11)10(19)17(6-4-2)23(16,20)21/h7H,3-6H2,1-2H3,(H,14,15). The van der Waals surface area contributed by atoms with Gasteiger partial charge in [0, 0.05) is 13.1 Å². The molecule has 0 aromatic carbocycles. The molecule has 2 amide bonds. The quantitative estimate of drug-likeness (QED) is 0.710. The van der Waals surface area contributed by atoms with Crippen molar-refractivity contribution < 1.29 is 18.0 Å². The fourth-order valence-corrected chi connectivity index (χ4v) is 3.96. The number of nitrogens with zero attached hydrogens (tertiary/aromatic N) is 5. The van der Waals surface area contributed by atoms with Crippen molar-refractivity contribution in [3.63, 3.8) is 0 Å². The summed E-state index contributed by atoms with van der Waals surface area (Å²) in [6.45, 7) is 3.43. The van der Waals surface area contributed by atoms with Gasteiger partial charge in [-0.2, -0.15) is 13.5 Å². The average Bonchev–Trinajstić information content (AvgIpc) is 3.01. The summed E-state index contributed by atoms with van der Waals surface area (Å²) in [5, 5.41) is 11.3. The molecule has 23 heavy (non-hydrogen) atoms. The molecule has 0 saturated carbocycles. The minimum Gasteiger partial charge on any atom is -0.266 e. The lowest BCUT2D eigenvalue weighted by Gasteiger charge is -2.34. The Bertz CT molecular complexity index is 681. The lowest BCUT2D eigenvalue weighted by molar-refractivity contribution is -0.126. The van der Waals surface area contributed by atoms with Crippen molar-refractivity contribution in [2.24, 2.45) is 5.10 Å². The molecule has 0 atom stereocenters. The first-order chi connectivity index (χ1) is 10.9. The maximum Gasteiger partial charge on any atom is 0.331 e. The van der Waals surface area contributed by atoms with Crippen LogP contribution < -0.4 is 5.43 Å². The monoisotopic (exact) mass is 360 g/mol. The van der Waals surface area contributed by atoms with Crippen LogP contribution in [0.4, 0.5) is 5.13 Å². The minimum atomic E-state index is -4.16. The van der Waals surface area contributed by atoms with Crippen LogP contribution in [-0.4, -0.2) is 57.8 Å². The number of rotatable bonds is 6. The van der Waals surface area contributed by atoms with Gasteiger partial charge in [0.1, 0.15) is 5.51 Å². The Hall–Kier alpha value is -2.08. The third-order valence-electron chi connectivity index (χ3n) is 2.89. The highest BCUT2D eigenvalue weighted by Gasteiger charge is 2.47. The lowest BCUT2D eigenvalue weighted by atomic mass is 10.3. The van der Waals surface area contributed by atoms with Crippen molar-refractivity contribution in [2.45, 2.75) is 26.7 Å². The third kappa shape index (κ3) is 3.32. The zero-order chi connectivity index (χ0) is 17.0. The summed E-state index contributed by atoms with van der Waals surface area (Å²) in [5.41, 5.74) is 3.41. The topological polar surface area (TPSA) is 125 Å². The van der Waals surface area contributed by atoms with Crippen LogP contribution in [0.15, 0.2) is 10.6 Å². The van der Waals surface area contributed by atoms with E-state index in [0.29, 0.717) is 21.5 Å². The fraction of sp³-hybridized carbons (Fsp3) is 0.545. The van der Waals surface area contributed by atoms with E-state index in [-0.39, 0.29) is 18.2 Å². The van der Waals surface area contributed by atoms with Crippen LogP contribution in [0.2, 0.25) is 0 Å². The summed E-state index contributed by atoms with van der Waals surface area (Å²) in [6, 6.07) is 0. The predicted octanol–water partition coefficient (Wildman–Crippen LogP) is 0.0416. The Labute approximate surface area is 137 Å². The highest BCUT2D eigenvalue weighted by atomic mass is 32.2. The molecule has 10 nitrogen and oxygen atoms in total. The van der Waals surface area contributed by atoms with Gasteiger partial charge in [0.2, 0.25) is 10.8 Å². The van der Waals surface area contributed by atoms with Crippen molar-refractivity contribution in [1.29, 1.82) is 0 Å². The van der Waals surface area contributed by atoms with E-state index in [1.165, 1.54) is 5.51 Å².